The van der Waals surface area contributed by atoms with Crippen molar-refractivity contribution < 1.29 is 45.0 Å². The Balaban J connectivity index is 1.81. The summed E-state index contributed by atoms with van der Waals surface area (Å²) in [5.41, 5.74) is -1.51. The Bertz CT molecular complexity index is 1400. The van der Waals surface area contributed by atoms with Gasteiger partial charge in [0.15, 0.2) is 11.6 Å². The van der Waals surface area contributed by atoms with Crippen molar-refractivity contribution in [2.75, 3.05) is 13.7 Å². The maximum atomic E-state index is 14.7. The van der Waals surface area contributed by atoms with E-state index in [9.17, 15) is 30.8 Å². The van der Waals surface area contributed by atoms with Gasteiger partial charge in [0, 0.05) is 12.6 Å². The van der Waals surface area contributed by atoms with Gasteiger partial charge in [0.1, 0.15) is 17.0 Å². The fourth-order valence-corrected chi connectivity index (χ4v) is 5.24. The molecular formula is C23H18F4N2O6S. The standard InChI is InChI=1S/C23H18F4N2O6S/c1-33-21(30)14-4-7-16(8-5-14)36(31,32)29-22(10-12-34-19-3-2-11-28-20(19)22)15-6-9-18(17(24)13-15)35-23(25,26)27/h2-9,11,13,29H,10,12H2,1H3. The smallest absolute Gasteiger partial charge is 0.491 e. The predicted molar refractivity (Wildman–Crippen MR) is 116 cm³/mol. The molecule has 0 amide bonds. The van der Waals surface area contributed by atoms with E-state index >= 15 is 0 Å². The van der Waals surface area contributed by atoms with Crippen LogP contribution in [0.25, 0.3) is 0 Å². The molecule has 4 rings (SSSR count). The number of rotatable bonds is 6. The van der Waals surface area contributed by atoms with E-state index in [0.29, 0.717) is 0 Å². The number of fused-ring (bicyclic) bond motifs is 1. The molecule has 190 valence electrons. The number of alkyl halides is 3. The van der Waals surface area contributed by atoms with Crippen LogP contribution in [-0.2, 0) is 20.3 Å². The predicted octanol–water partition coefficient (Wildman–Crippen LogP) is 3.91. The maximum absolute atomic E-state index is 14.7. The Morgan fingerprint density at radius 3 is 2.50 bits per heavy atom. The van der Waals surface area contributed by atoms with E-state index in [2.05, 4.69) is 19.2 Å². The SMILES string of the molecule is COC(=O)c1ccc(S(=O)(=O)NC2(c3ccc(OC(F)(F)F)c(F)c3)CCOc3cccnc32)cc1. The summed E-state index contributed by atoms with van der Waals surface area (Å²) in [6, 6.07) is 10.6. The molecule has 1 N–H and O–H groups in total. The first kappa shape index (κ1) is 25.4. The number of hydrogen-bond donors (Lipinski definition) is 1. The fourth-order valence-electron chi connectivity index (χ4n) is 3.85. The minimum absolute atomic E-state index is 0.00901. The molecule has 0 aliphatic carbocycles. The van der Waals surface area contributed by atoms with Crippen molar-refractivity contribution in [3.8, 4) is 11.5 Å². The third-order valence-corrected chi connectivity index (χ3v) is 6.96. The summed E-state index contributed by atoms with van der Waals surface area (Å²) in [5.74, 6) is -2.88. The molecule has 1 aliphatic rings. The summed E-state index contributed by atoms with van der Waals surface area (Å²) < 4.78 is 95.8. The number of carbonyl (C=O) groups is 1. The lowest BCUT2D eigenvalue weighted by Crippen LogP contribution is -2.50. The number of pyridine rings is 1. The molecule has 13 heteroatoms. The van der Waals surface area contributed by atoms with Crippen LogP contribution in [0.4, 0.5) is 17.6 Å². The van der Waals surface area contributed by atoms with E-state index in [-0.39, 0.29) is 40.5 Å². The van der Waals surface area contributed by atoms with Crippen molar-refractivity contribution >= 4 is 16.0 Å². The van der Waals surface area contributed by atoms with Gasteiger partial charge in [0.2, 0.25) is 10.0 Å². The van der Waals surface area contributed by atoms with Gasteiger partial charge < -0.3 is 14.2 Å². The number of hydrogen-bond acceptors (Lipinski definition) is 7. The summed E-state index contributed by atoms with van der Waals surface area (Å²) in [6.45, 7) is -0.00901. The first-order valence-corrected chi connectivity index (χ1v) is 11.8. The monoisotopic (exact) mass is 526 g/mol. The van der Waals surface area contributed by atoms with Gasteiger partial charge in [-0.1, -0.05) is 6.07 Å². The molecule has 36 heavy (non-hydrogen) atoms. The van der Waals surface area contributed by atoms with Gasteiger partial charge in [-0.3, -0.25) is 4.98 Å². The zero-order chi connectivity index (χ0) is 26.1. The largest absolute Gasteiger partial charge is 0.573 e. The average molecular weight is 526 g/mol. The first-order valence-electron chi connectivity index (χ1n) is 10.3. The Hall–Kier alpha value is -3.71. The zero-order valence-corrected chi connectivity index (χ0v) is 19.3. The van der Waals surface area contributed by atoms with E-state index < -0.39 is 39.5 Å². The normalized spacial score (nSPS) is 17.6. The lowest BCUT2D eigenvalue weighted by molar-refractivity contribution is -0.275. The molecule has 0 saturated carbocycles. The van der Waals surface area contributed by atoms with E-state index in [4.69, 9.17) is 4.74 Å². The van der Waals surface area contributed by atoms with Crippen molar-refractivity contribution in [2.24, 2.45) is 0 Å². The minimum atomic E-state index is -5.12. The van der Waals surface area contributed by atoms with E-state index in [1.54, 1.807) is 6.07 Å². The molecule has 0 saturated heterocycles. The Labute approximate surface area is 202 Å². The number of aromatic nitrogens is 1. The molecule has 2 aromatic carbocycles. The van der Waals surface area contributed by atoms with E-state index in [1.165, 1.54) is 43.6 Å². The highest BCUT2D eigenvalue weighted by atomic mass is 32.2. The van der Waals surface area contributed by atoms with E-state index in [1.807, 2.05) is 0 Å². The number of methoxy groups -OCH3 is 1. The number of ether oxygens (including phenoxy) is 3. The second-order valence-corrected chi connectivity index (χ2v) is 9.35. The van der Waals surface area contributed by atoms with Gasteiger partial charge in [-0.05, 0) is 54.1 Å². The molecular weight excluding hydrogens is 508 g/mol. The fraction of sp³-hybridized carbons (Fsp3) is 0.217. The number of halogens is 4. The van der Waals surface area contributed by atoms with E-state index in [0.717, 1.165) is 18.2 Å². The quantitative estimate of drug-likeness (QED) is 0.384. The molecule has 1 aromatic heterocycles. The summed E-state index contributed by atoms with van der Waals surface area (Å²) in [4.78, 5) is 15.7. The van der Waals surface area contributed by atoms with Crippen LogP contribution in [0.15, 0.2) is 65.7 Å². The van der Waals surface area contributed by atoms with Crippen LogP contribution >= 0.6 is 0 Å². The van der Waals surface area contributed by atoms with Crippen molar-refractivity contribution in [1.29, 1.82) is 0 Å². The summed E-state index contributed by atoms with van der Waals surface area (Å²) in [6.07, 6.45) is -3.81. The molecule has 0 bridgehead atoms. The molecule has 3 aromatic rings. The van der Waals surface area contributed by atoms with Crippen LogP contribution in [0.2, 0.25) is 0 Å². The van der Waals surface area contributed by atoms with Gasteiger partial charge in [-0.2, -0.15) is 4.72 Å². The van der Waals surface area contributed by atoms with Crippen LogP contribution in [0.3, 0.4) is 0 Å². The van der Waals surface area contributed by atoms with Crippen molar-refractivity contribution in [3.63, 3.8) is 0 Å². The van der Waals surface area contributed by atoms with Crippen molar-refractivity contribution in [2.45, 2.75) is 23.2 Å². The number of sulfonamides is 1. The highest BCUT2D eigenvalue weighted by Crippen LogP contribution is 2.42. The maximum Gasteiger partial charge on any atom is 0.573 e. The van der Waals surface area contributed by atoms with Crippen molar-refractivity contribution in [1.82, 2.24) is 9.71 Å². The highest BCUT2D eigenvalue weighted by Gasteiger charge is 2.45. The van der Waals surface area contributed by atoms with Gasteiger partial charge in [-0.25, -0.2) is 17.6 Å². The molecule has 8 nitrogen and oxygen atoms in total. The number of benzene rings is 2. The number of carbonyl (C=O) groups excluding carboxylic acids is 1. The van der Waals surface area contributed by atoms with Gasteiger partial charge in [0.05, 0.1) is 24.2 Å². The zero-order valence-electron chi connectivity index (χ0n) is 18.5. The lowest BCUT2D eigenvalue weighted by Gasteiger charge is -2.38. The minimum Gasteiger partial charge on any atom is -0.491 e. The van der Waals surface area contributed by atoms with Crippen LogP contribution < -0.4 is 14.2 Å². The molecule has 1 unspecified atom stereocenters. The summed E-state index contributed by atoms with van der Waals surface area (Å²) in [5, 5.41) is 0. The highest BCUT2D eigenvalue weighted by molar-refractivity contribution is 7.89. The lowest BCUT2D eigenvalue weighted by atomic mass is 9.82. The molecule has 0 radical (unpaired) electrons. The summed E-state index contributed by atoms with van der Waals surface area (Å²) in [7, 11) is -3.16. The molecule has 1 aliphatic heterocycles. The van der Waals surface area contributed by atoms with Gasteiger partial charge >= 0.3 is 12.3 Å². The second kappa shape index (κ2) is 9.39. The van der Waals surface area contributed by atoms with Crippen LogP contribution in [-0.4, -0.2) is 39.5 Å². The summed E-state index contributed by atoms with van der Waals surface area (Å²) >= 11 is 0. The number of nitrogens with one attached hydrogen (secondary N) is 1. The third-order valence-electron chi connectivity index (χ3n) is 5.45. The van der Waals surface area contributed by atoms with Crippen LogP contribution in [0, 0.1) is 5.82 Å². The molecule has 2 heterocycles. The Morgan fingerprint density at radius 1 is 1.14 bits per heavy atom. The van der Waals surface area contributed by atoms with Crippen molar-refractivity contribution in [3.05, 3.63) is 83.4 Å². The Morgan fingerprint density at radius 2 is 1.86 bits per heavy atom. The third kappa shape index (κ3) is 4.97. The van der Waals surface area contributed by atoms with Crippen LogP contribution in [0.5, 0.6) is 11.5 Å². The topological polar surface area (TPSA) is 104 Å². The average Bonchev–Trinajstić information content (AvgIpc) is 2.84. The molecule has 0 fully saturated rings. The second-order valence-electron chi connectivity index (χ2n) is 7.67. The number of esters is 1. The molecule has 1 atom stereocenters. The number of nitrogens with zero attached hydrogens (tertiary/aromatic N) is 1. The first-order chi connectivity index (χ1) is 16.9. The van der Waals surface area contributed by atoms with Gasteiger partial charge in [-0.15, -0.1) is 13.2 Å². The Kier molecular flexibility index (Phi) is 6.62. The van der Waals surface area contributed by atoms with Gasteiger partial charge in [0.25, 0.3) is 0 Å². The van der Waals surface area contributed by atoms with Crippen LogP contribution in [0.1, 0.15) is 28.0 Å². The molecule has 0 spiro atoms.